The zero-order chi connectivity index (χ0) is 14.7. The van der Waals surface area contributed by atoms with Crippen LogP contribution in [0.1, 0.15) is 22.2 Å². The van der Waals surface area contributed by atoms with Crippen LogP contribution < -0.4 is 11.1 Å². The van der Waals surface area contributed by atoms with Crippen LogP contribution in [0.4, 0.5) is 14.5 Å². The molecule has 0 saturated carbocycles. The van der Waals surface area contributed by atoms with E-state index in [1.165, 1.54) is 29.5 Å². The monoisotopic (exact) mass is 296 g/mol. The molecule has 20 heavy (non-hydrogen) atoms. The number of nitrogen functional groups attached to an aromatic ring is 1. The van der Waals surface area contributed by atoms with Gasteiger partial charge < -0.3 is 11.1 Å². The molecular formula is C14H14F2N2OS. The fourth-order valence-electron chi connectivity index (χ4n) is 1.88. The highest BCUT2D eigenvalue weighted by Crippen LogP contribution is 2.19. The molecule has 1 aromatic carbocycles. The van der Waals surface area contributed by atoms with Crippen molar-refractivity contribution < 1.29 is 13.6 Å². The van der Waals surface area contributed by atoms with Crippen molar-refractivity contribution in [3.05, 3.63) is 51.7 Å². The van der Waals surface area contributed by atoms with Gasteiger partial charge in [0.1, 0.15) is 16.5 Å². The molecule has 0 fully saturated rings. The third kappa shape index (κ3) is 3.14. The maximum atomic E-state index is 13.5. The second-order valence-electron chi connectivity index (χ2n) is 4.48. The van der Waals surface area contributed by atoms with E-state index in [4.69, 9.17) is 5.73 Å². The molecule has 1 unspecified atom stereocenters. The number of halogens is 2. The lowest BCUT2D eigenvalue weighted by atomic mass is 10.1. The lowest BCUT2D eigenvalue weighted by molar-refractivity contribution is 0.0944. The Morgan fingerprint density at radius 3 is 2.55 bits per heavy atom. The van der Waals surface area contributed by atoms with Crippen molar-refractivity contribution in [2.24, 2.45) is 0 Å². The summed E-state index contributed by atoms with van der Waals surface area (Å²) in [6.07, 6.45) is 0.0789. The highest BCUT2D eigenvalue weighted by molar-refractivity contribution is 7.12. The maximum Gasteiger partial charge on any atom is 0.263 e. The number of anilines is 1. The van der Waals surface area contributed by atoms with Crippen molar-refractivity contribution in [3.8, 4) is 0 Å². The number of rotatable bonds is 4. The second kappa shape index (κ2) is 6.00. The van der Waals surface area contributed by atoms with Gasteiger partial charge in [0.2, 0.25) is 0 Å². The summed E-state index contributed by atoms with van der Waals surface area (Å²) in [6, 6.07) is 4.94. The van der Waals surface area contributed by atoms with Crippen molar-refractivity contribution in [2.45, 2.75) is 19.4 Å². The Bertz CT molecular complexity index is 607. The number of hydrogen-bond acceptors (Lipinski definition) is 3. The van der Waals surface area contributed by atoms with Crippen LogP contribution in [0.5, 0.6) is 0 Å². The van der Waals surface area contributed by atoms with E-state index in [1.54, 1.807) is 18.4 Å². The van der Waals surface area contributed by atoms with Gasteiger partial charge in [-0.25, -0.2) is 8.78 Å². The molecule has 0 saturated heterocycles. The smallest absolute Gasteiger partial charge is 0.263 e. The van der Waals surface area contributed by atoms with Gasteiger partial charge in [-0.05, 0) is 36.9 Å². The molecule has 0 aliphatic carbocycles. The summed E-state index contributed by atoms with van der Waals surface area (Å²) in [7, 11) is 0. The number of amides is 1. The number of nitrogens with two attached hydrogens (primary N) is 1. The largest absolute Gasteiger partial charge is 0.397 e. The topological polar surface area (TPSA) is 55.1 Å². The number of nitrogens with one attached hydrogen (secondary N) is 1. The van der Waals surface area contributed by atoms with Crippen molar-refractivity contribution in [1.29, 1.82) is 0 Å². The number of benzene rings is 1. The first-order valence-electron chi connectivity index (χ1n) is 6.05. The molecule has 1 aromatic heterocycles. The molecule has 3 nitrogen and oxygen atoms in total. The third-order valence-electron chi connectivity index (χ3n) is 2.85. The minimum atomic E-state index is -0.610. The molecule has 3 N–H and O–H groups in total. The van der Waals surface area contributed by atoms with E-state index in [0.29, 0.717) is 10.6 Å². The SMILES string of the molecule is CC(Cc1c(F)cccc1F)NC(=O)c1sccc1N. The van der Waals surface area contributed by atoms with Crippen molar-refractivity contribution >= 4 is 22.9 Å². The predicted octanol–water partition coefficient (Wildman–Crippen LogP) is 2.97. The van der Waals surface area contributed by atoms with E-state index in [1.807, 2.05) is 0 Å². The standard InChI is InChI=1S/C14H14F2N2OS/c1-8(7-9-10(15)3-2-4-11(9)16)18-14(19)13-12(17)5-6-20-13/h2-6,8H,7,17H2,1H3,(H,18,19). The molecule has 0 aliphatic rings. The quantitative estimate of drug-likeness (QED) is 0.911. The maximum absolute atomic E-state index is 13.5. The average Bonchev–Trinajstić information content (AvgIpc) is 2.80. The highest BCUT2D eigenvalue weighted by Gasteiger charge is 2.17. The molecule has 0 bridgehead atoms. The van der Waals surface area contributed by atoms with E-state index in [-0.39, 0.29) is 17.9 Å². The number of thiophene rings is 1. The van der Waals surface area contributed by atoms with Gasteiger partial charge in [-0.2, -0.15) is 0 Å². The first-order valence-corrected chi connectivity index (χ1v) is 6.93. The lowest BCUT2D eigenvalue weighted by Crippen LogP contribution is -2.34. The van der Waals surface area contributed by atoms with Gasteiger partial charge in [0.15, 0.2) is 0 Å². The molecular weight excluding hydrogens is 282 g/mol. The number of carbonyl (C=O) groups is 1. The van der Waals surface area contributed by atoms with Crippen molar-refractivity contribution in [3.63, 3.8) is 0 Å². The van der Waals surface area contributed by atoms with Gasteiger partial charge in [-0.15, -0.1) is 11.3 Å². The first kappa shape index (κ1) is 14.5. The predicted molar refractivity (Wildman–Crippen MR) is 75.7 cm³/mol. The molecule has 0 aliphatic heterocycles. The fraction of sp³-hybridized carbons (Fsp3) is 0.214. The average molecular weight is 296 g/mol. The normalized spacial score (nSPS) is 12.2. The number of hydrogen-bond donors (Lipinski definition) is 2. The Morgan fingerprint density at radius 1 is 1.35 bits per heavy atom. The molecule has 1 atom stereocenters. The highest BCUT2D eigenvalue weighted by atomic mass is 32.1. The molecule has 1 heterocycles. The van der Waals surface area contributed by atoms with Crippen LogP contribution in [0.3, 0.4) is 0 Å². The second-order valence-corrected chi connectivity index (χ2v) is 5.40. The van der Waals surface area contributed by atoms with Crippen LogP contribution in [0, 0.1) is 11.6 Å². The molecule has 106 valence electrons. The van der Waals surface area contributed by atoms with Gasteiger partial charge in [0, 0.05) is 11.6 Å². The van der Waals surface area contributed by atoms with Crippen LogP contribution in [-0.2, 0) is 6.42 Å². The van der Waals surface area contributed by atoms with Crippen molar-refractivity contribution in [2.75, 3.05) is 5.73 Å². The zero-order valence-electron chi connectivity index (χ0n) is 10.8. The minimum absolute atomic E-state index is 0.0283. The Hall–Kier alpha value is -1.95. The van der Waals surface area contributed by atoms with Crippen LogP contribution >= 0.6 is 11.3 Å². The van der Waals surface area contributed by atoms with Gasteiger partial charge in [0.25, 0.3) is 5.91 Å². The summed E-state index contributed by atoms with van der Waals surface area (Å²) in [5.74, 6) is -1.55. The van der Waals surface area contributed by atoms with E-state index in [0.717, 1.165) is 0 Å². The van der Waals surface area contributed by atoms with E-state index < -0.39 is 17.7 Å². The summed E-state index contributed by atoms with van der Waals surface area (Å²) in [6.45, 7) is 1.69. The van der Waals surface area contributed by atoms with Crippen LogP contribution in [0.15, 0.2) is 29.6 Å². The van der Waals surface area contributed by atoms with Gasteiger partial charge in [-0.3, -0.25) is 4.79 Å². The Balaban J connectivity index is 2.05. The summed E-state index contributed by atoms with van der Waals surface area (Å²) in [4.78, 5) is 12.3. The summed E-state index contributed by atoms with van der Waals surface area (Å²) in [5, 5.41) is 4.40. The Morgan fingerprint density at radius 2 is 2.00 bits per heavy atom. The lowest BCUT2D eigenvalue weighted by Gasteiger charge is -2.14. The molecule has 6 heteroatoms. The summed E-state index contributed by atoms with van der Waals surface area (Å²) >= 11 is 1.23. The summed E-state index contributed by atoms with van der Waals surface area (Å²) in [5.41, 5.74) is 6.02. The molecule has 1 amide bonds. The summed E-state index contributed by atoms with van der Waals surface area (Å²) < 4.78 is 27.0. The van der Waals surface area contributed by atoms with Gasteiger partial charge in [-0.1, -0.05) is 6.07 Å². The van der Waals surface area contributed by atoms with Crippen LogP contribution in [0.2, 0.25) is 0 Å². The van der Waals surface area contributed by atoms with Crippen LogP contribution in [0.25, 0.3) is 0 Å². The molecule has 0 radical (unpaired) electrons. The Kier molecular flexibility index (Phi) is 4.34. The van der Waals surface area contributed by atoms with Gasteiger partial charge in [0.05, 0.1) is 5.69 Å². The molecule has 2 rings (SSSR count). The zero-order valence-corrected chi connectivity index (χ0v) is 11.6. The van der Waals surface area contributed by atoms with Gasteiger partial charge >= 0.3 is 0 Å². The fourth-order valence-corrected chi connectivity index (χ4v) is 2.60. The third-order valence-corrected chi connectivity index (χ3v) is 3.78. The van der Waals surface area contributed by atoms with E-state index in [2.05, 4.69) is 5.32 Å². The molecule has 0 spiro atoms. The van der Waals surface area contributed by atoms with Crippen molar-refractivity contribution in [1.82, 2.24) is 5.32 Å². The van der Waals surface area contributed by atoms with Crippen LogP contribution in [-0.4, -0.2) is 11.9 Å². The first-order chi connectivity index (χ1) is 9.49. The number of carbonyl (C=O) groups excluding carboxylic acids is 1. The Labute approximate surface area is 119 Å². The van der Waals surface area contributed by atoms with E-state index in [9.17, 15) is 13.6 Å². The minimum Gasteiger partial charge on any atom is -0.397 e. The molecule has 2 aromatic rings. The van der Waals surface area contributed by atoms with E-state index >= 15 is 0 Å².